The Hall–Kier alpha value is -4.44. The summed E-state index contributed by atoms with van der Waals surface area (Å²) < 4.78 is 22.3. The lowest BCUT2D eigenvalue weighted by Gasteiger charge is -2.27. The second kappa shape index (κ2) is 10.2. The molecule has 0 aromatic heterocycles. The van der Waals surface area contributed by atoms with E-state index in [9.17, 15) is 10.1 Å². The Morgan fingerprint density at radius 3 is 2.49 bits per heavy atom. The van der Waals surface area contributed by atoms with Gasteiger partial charge >= 0.3 is 5.97 Å². The molecule has 0 fully saturated rings. The van der Waals surface area contributed by atoms with Crippen molar-refractivity contribution < 1.29 is 23.7 Å². The summed E-state index contributed by atoms with van der Waals surface area (Å²) >= 11 is 0. The van der Waals surface area contributed by atoms with Crippen LogP contribution in [0.5, 0.6) is 23.0 Å². The molecule has 1 aliphatic rings. The summed E-state index contributed by atoms with van der Waals surface area (Å²) in [6, 6.07) is 21.4. The number of methoxy groups -OCH3 is 1. The van der Waals surface area contributed by atoms with Crippen LogP contribution in [0.4, 0.5) is 0 Å². The molecule has 178 valence electrons. The first-order chi connectivity index (χ1) is 16.9. The number of nitriles is 1. The average Bonchev–Trinajstić information content (AvgIpc) is 2.86. The lowest BCUT2D eigenvalue weighted by molar-refractivity contribution is 0.0734. The van der Waals surface area contributed by atoms with E-state index in [-0.39, 0.29) is 5.88 Å². The van der Waals surface area contributed by atoms with Gasteiger partial charge in [-0.1, -0.05) is 32.0 Å². The van der Waals surface area contributed by atoms with Crippen molar-refractivity contribution in [3.05, 3.63) is 94.9 Å². The molecule has 0 aliphatic carbocycles. The van der Waals surface area contributed by atoms with Crippen LogP contribution in [0.15, 0.2) is 78.2 Å². The number of nitrogens with zero attached hydrogens (tertiary/aromatic N) is 1. The molecule has 7 nitrogen and oxygen atoms in total. The Labute approximate surface area is 204 Å². The van der Waals surface area contributed by atoms with Crippen LogP contribution in [0.25, 0.3) is 0 Å². The van der Waals surface area contributed by atoms with Crippen LogP contribution in [0.1, 0.15) is 41.3 Å². The van der Waals surface area contributed by atoms with Gasteiger partial charge in [-0.2, -0.15) is 5.26 Å². The van der Waals surface area contributed by atoms with Gasteiger partial charge in [-0.25, -0.2) is 4.79 Å². The minimum Gasteiger partial charge on any atom is -0.497 e. The van der Waals surface area contributed by atoms with Gasteiger partial charge < -0.3 is 24.7 Å². The van der Waals surface area contributed by atoms with Crippen LogP contribution < -0.4 is 24.7 Å². The van der Waals surface area contributed by atoms with Crippen LogP contribution in [0.3, 0.4) is 0 Å². The molecule has 35 heavy (non-hydrogen) atoms. The molecule has 0 bridgehead atoms. The molecule has 0 saturated carbocycles. The number of allylic oxidation sites excluding steroid dienone is 1. The average molecular weight is 471 g/mol. The second-order valence-electron chi connectivity index (χ2n) is 8.52. The Balaban J connectivity index is 1.57. The standard InChI is InChI=1S/C28H26N2O5/c1-17(2)16-33-20-9-7-18(8-10-20)28(31)34-22-11-12-23-25(14-22)35-27(30)24(15-29)26(23)19-5-4-6-21(13-19)32-3/h4-14,17,26H,16,30H2,1-3H3. The van der Waals surface area contributed by atoms with Gasteiger partial charge in [0.15, 0.2) is 0 Å². The fourth-order valence-corrected chi connectivity index (χ4v) is 3.78. The second-order valence-corrected chi connectivity index (χ2v) is 8.52. The third-order valence-electron chi connectivity index (χ3n) is 5.50. The summed E-state index contributed by atoms with van der Waals surface area (Å²) in [5.41, 5.74) is 8.34. The van der Waals surface area contributed by atoms with E-state index in [0.29, 0.717) is 46.7 Å². The number of benzene rings is 3. The maximum absolute atomic E-state index is 12.7. The highest BCUT2D eigenvalue weighted by Gasteiger charge is 2.31. The smallest absolute Gasteiger partial charge is 0.343 e. The summed E-state index contributed by atoms with van der Waals surface area (Å²) in [4.78, 5) is 12.7. The van der Waals surface area contributed by atoms with E-state index in [1.54, 1.807) is 49.6 Å². The lowest BCUT2D eigenvalue weighted by Crippen LogP contribution is -2.21. The Bertz CT molecular complexity index is 1310. The predicted molar refractivity (Wildman–Crippen MR) is 130 cm³/mol. The molecular formula is C28H26N2O5. The largest absolute Gasteiger partial charge is 0.497 e. The number of carbonyl (C=O) groups excluding carboxylic acids is 1. The van der Waals surface area contributed by atoms with Crippen LogP contribution in [0.2, 0.25) is 0 Å². The molecule has 0 amide bonds. The van der Waals surface area contributed by atoms with Crippen LogP contribution in [0, 0.1) is 17.2 Å². The SMILES string of the molecule is COc1cccc(C2C(C#N)=C(N)Oc3cc(OC(=O)c4ccc(OCC(C)C)cc4)ccc32)c1. The maximum Gasteiger partial charge on any atom is 0.343 e. The molecule has 1 aliphatic heterocycles. The topological polar surface area (TPSA) is 104 Å². The molecule has 1 unspecified atom stereocenters. The van der Waals surface area contributed by atoms with Gasteiger partial charge in [0.05, 0.1) is 25.2 Å². The van der Waals surface area contributed by atoms with Crippen molar-refractivity contribution in [3.8, 4) is 29.1 Å². The van der Waals surface area contributed by atoms with E-state index in [4.69, 9.17) is 24.7 Å². The summed E-state index contributed by atoms with van der Waals surface area (Å²) in [5.74, 6) is 1.53. The molecule has 4 rings (SSSR count). The molecule has 7 heteroatoms. The minimum atomic E-state index is -0.512. The van der Waals surface area contributed by atoms with Crippen LogP contribution in [-0.4, -0.2) is 19.7 Å². The van der Waals surface area contributed by atoms with Gasteiger partial charge in [0.2, 0.25) is 5.88 Å². The molecule has 0 radical (unpaired) electrons. The first-order valence-electron chi connectivity index (χ1n) is 11.2. The van der Waals surface area contributed by atoms with Gasteiger partial charge in [0.25, 0.3) is 0 Å². The summed E-state index contributed by atoms with van der Waals surface area (Å²) in [6.45, 7) is 4.73. The van der Waals surface area contributed by atoms with Crippen LogP contribution >= 0.6 is 0 Å². The highest BCUT2D eigenvalue weighted by molar-refractivity contribution is 5.91. The molecule has 0 saturated heterocycles. The highest BCUT2D eigenvalue weighted by atomic mass is 16.5. The number of nitrogens with two attached hydrogens (primary N) is 1. The lowest BCUT2D eigenvalue weighted by atomic mass is 9.83. The number of hydrogen-bond donors (Lipinski definition) is 1. The number of ether oxygens (including phenoxy) is 4. The minimum absolute atomic E-state index is 0.00767. The summed E-state index contributed by atoms with van der Waals surface area (Å²) in [5, 5.41) is 9.75. The normalized spacial score (nSPS) is 14.5. The molecule has 3 aromatic carbocycles. The quantitative estimate of drug-likeness (QED) is 0.375. The zero-order chi connectivity index (χ0) is 24.9. The first kappa shape index (κ1) is 23.7. The van der Waals surface area contributed by atoms with Crippen molar-refractivity contribution >= 4 is 5.97 Å². The zero-order valence-electron chi connectivity index (χ0n) is 19.8. The van der Waals surface area contributed by atoms with E-state index >= 15 is 0 Å². The third kappa shape index (κ3) is 5.22. The monoisotopic (exact) mass is 470 g/mol. The first-order valence-corrected chi connectivity index (χ1v) is 11.2. The van der Waals surface area contributed by atoms with Crippen molar-refractivity contribution in [2.75, 3.05) is 13.7 Å². The fourth-order valence-electron chi connectivity index (χ4n) is 3.78. The molecule has 1 atom stereocenters. The highest BCUT2D eigenvalue weighted by Crippen LogP contribution is 2.44. The van der Waals surface area contributed by atoms with Crippen molar-refractivity contribution in [1.82, 2.24) is 0 Å². The Morgan fingerprint density at radius 2 is 1.80 bits per heavy atom. The number of esters is 1. The summed E-state index contributed by atoms with van der Waals surface area (Å²) in [6.07, 6.45) is 0. The summed E-state index contributed by atoms with van der Waals surface area (Å²) in [7, 11) is 1.58. The fraction of sp³-hybridized carbons (Fsp3) is 0.214. The van der Waals surface area contributed by atoms with Crippen molar-refractivity contribution in [2.24, 2.45) is 11.7 Å². The molecular weight excluding hydrogens is 444 g/mol. The van der Waals surface area contributed by atoms with Crippen molar-refractivity contribution in [1.29, 1.82) is 5.26 Å². The Morgan fingerprint density at radius 1 is 1.06 bits per heavy atom. The number of fused-ring (bicyclic) bond motifs is 1. The van der Waals surface area contributed by atoms with Gasteiger partial charge in [0.1, 0.15) is 34.6 Å². The third-order valence-corrected chi connectivity index (χ3v) is 5.50. The van der Waals surface area contributed by atoms with Crippen LogP contribution in [-0.2, 0) is 0 Å². The predicted octanol–water partition coefficient (Wildman–Crippen LogP) is 5.17. The van der Waals surface area contributed by atoms with Gasteiger partial charge in [0, 0.05) is 11.6 Å². The van der Waals surface area contributed by atoms with Crippen molar-refractivity contribution in [3.63, 3.8) is 0 Å². The van der Waals surface area contributed by atoms with E-state index in [1.165, 1.54) is 0 Å². The van der Waals surface area contributed by atoms with Gasteiger partial charge in [-0.15, -0.1) is 0 Å². The zero-order valence-corrected chi connectivity index (χ0v) is 19.8. The Kier molecular flexibility index (Phi) is 6.93. The molecule has 3 aromatic rings. The molecule has 2 N–H and O–H groups in total. The van der Waals surface area contributed by atoms with E-state index in [0.717, 1.165) is 11.1 Å². The maximum atomic E-state index is 12.7. The van der Waals surface area contributed by atoms with E-state index in [2.05, 4.69) is 19.9 Å². The number of rotatable bonds is 7. The van der Waals surface area contributed by atoms with Gasteiger partial charge in [-0.05, 0) is 53.9 Å². The number of hydrogen-bond acceptors (Lipinski definition) is 7. The van der Waals surface area contributed by atoms with E-state index < -0.39 is 11.9 Å². The van der Waals surface area contributed by atoms with Gasteiger partial charge in [-0.3, -0.25) is 0 Å². The molecule has 0 spiro atoms. The van der Waals surface area contributed by atoms with E-state index in [1.807, 2.05) is 24.3 Å². The van der Waals surface area contributed by atoms with Crippen molar-refractivity contribution in [2.45, 2.75) is 19.8 Å². The number of carbonyl (C=O) groups is 1. The molecule has 1 heterocycles.